The Kier molecular flexibility index (Phi) is 62.4. The number of rotatable bonds is 60. The van der Waals surface area contributed by atoms with Gasteiger partial charge in [-0.05, 0) is 141 Å². The average molecular weight is 1230 g/mol. The van der Waals surface area contributed by atoms with E-state index >= 15 is 0 Å². The quantitative estimate of drug-likeness (QED) is 0.0195. The molecule has 0 heterocycles. The highest BCUT2D eigenvalue weighted by Crippen LogP contribution is 2.38. The molecule has 0 aromatic rings. The number of hydrogen-bond donors (Lipinski definition) is 0. The molecule has 0 rings (SSSR count). The van der Waals surface area contributed by atoms with Crippen molar-refractivity contribution in [1.82, 2.24) is 0 Å². The minimum absolute atomic E-state index is 0.0478. The number of hydrogen-bond acceptors (Lipinski definition) is 8. The third-order valence-electron chi connectivity index (χ3n) is 13.6. The van der Waals surface area contributed by atoms with E-state index < -0.39 is 32.5 Å². The molecule has 0 saturated heterocycles. The zero-order valence-corrected chi connectivity index (χ0v) is 57.0. The predicted octanol–water partition coefficient (Wildman–Crippen LogP) is 21.9. The number of ether oxygens (including phenoxy) is 2. The minimum atomic E-state index is -4.66. The number of carbonyl (C=O) groups is 2. The molecule has 0 N–H and O–H groups in total. The summed E-state index contributed by atoms with van der Waals surface area (Å²) in [5, 5.41) is 0. The molecule has 0 spiro atoms. The lowest BCUT2D eigenvalue weighted by Gasteiger charge is -2.28. The van der Waals surface area contributed by atoms with Gasteiger partial charge in [0.2, 0.25) is 0 Å². The summed E-state index contributed by atoms with van der Waals surface area (Å²) < 4.78 is 34.2. The van der Waals surface area contributed by atoms with Crippen LogP contribution in [0.3, 0.4) is 0 Å². The van der Waals surface area contributed by atoms with Crippen LogP contribution in [0.1, 0.15) is 232 Å². The summed E-state index contributed by atoms with van der Waals surface area (Å²) in [5.41, 5.74) is 0. The van der Waals surface area contributed by atoms with Crippen molar-refractivity contribution in [3.05, 3.63) is 194 Å². The van der Waals surface area contributed by atoms with Crippen LogP contribution >= 0.6 is 7.82 Å². The third-order valence-corrected chi connectivity index (χ3v) is 14.6. The zero-order chi connectivity index (χ0) is 64.1. The van der Waals surface area contributed by atoms with Gasteiger partial charge >= 0.3 is 11.9 Å². The van der Waals surface area contributed by atoms with Crippen LogP contribution in [0.25, 0.3) is 0 Å². The van der Waals surface area contributed by atoms with E-state index in [1.165, 1.54) is 44.9 Å². The van der Waals surface area contributed by atoms with E-state index in [-0.39, 0.29) is 26.1 Å². The van der Waals surface area contributed by atoms with Gasteiger partial charge < -0.3 is 27.9 Å². The highest BCUT2D eigenvalue weighted by atomic mass is 31.2. The molecule has 0 fully saturated rings. The molecule has 494 valence electrons. The molecular formula is C78H124NO8P. The van der Waals surface area contributed by atoms with E-state index in [4.69, 9.17) is 18.5 Å². The number of esters is 2. The molecule has 0 aliphatic rings. The summed E-state index contributed by atoms with van der Waals surface area (Å²) in [7, 11) is 1.12. The van der Waals surface area contributed by atoms with Crippen molar-refractivity contribution in [3.8, 4) is 0 Å². The van der Waals surface area contributed by atoms with Gasteiger partial charge in [0.1, 0.15) is 19.8 Å². The van der Waals surface area contributed by atoms with Crippen LogP contribution < -0.4 is 4.89 Å². The molecule has 2 unspecified atom stereocenters. The molecule has 0 amide bonds. The monoisotopic (exact) mass is 1230 g/mol. The first-order valence-corrected chi connectivity index (χ1v) is 35.6. The second kappa shape index (κ2) is 66.3. The summed E-state index contributed by atoms with van der Waals surface area (Å²) >= 11 is 0. The van der Waals surface area contributed by atoms with E-state index in [1.54, 1.807) is 0 Å². The third kappa shape index (κ3) is 69.9. The van der Waals surface area contributed by atoms with Crippen molar-refractivity contribution in [2.24, 2.45) is 0 Å². The number of phosphoric ester groups is 1. The first kappa shape index (κ1) is 82.8. The second-order valence-electron chi connectivity index (χ2n) is 23.1. The standard InChI is InChI=1S/C78H124NO8P/c1-6-8-10-12-14-16-18-20-22-24-26-28-30-32-33-34-35-36-37-38-39-40-41-42-43-44-45-47-49-51-53-55-57-59-61-63-65-67-69-71-78(81)87-76(75-86-88(82,83)85-73-72-79(3,4)5)74-84-77(80)70-68-66-64-62-60-58-56-54-52-50-48-46-31-29-27-25-23-21-19-17-15-13-11-9-7-2/h8-11,14-17,20-23,26-29,32-33,35-36,38-39,41-42,44-46,48,52,54,58,60,76H,6-7,12-13,18-19,24-25,30-31,34,37,40,43,47,49-51,53,55-57,59,61-75H2,1-5H3/b10-8-,11-9-,16-14-,17-15-,22-20-,23-21-,28-26-,29-27-,33-32-,36-35-,39-38-,42-41-,45-44-,48-46-,54-52-,60-58-. The topological polar surface area (TPSA) is 111 Å². The molecule has 0 aromatic carbocycles. The van der Waals surface area contributed by atoms with Gasteiger partial charge in [-0.1, -0.05) is 272 Å². The van der Waals surface area contributed by atoms with Gasteiger partial charge in [0.05, 0.1) is 27.7 Å². The zero-order valence-electron chi connectivity index (χ0n) is 56.1. The molecule has 9 nitrogen and oxygen atoms in total. The summed E-state index contributed by atoms with van der Waals surface area (Å²) in [6.45, 7) is 3.94. The number of quaternary nitrogens is 1. The van der Waals surface area contributed by atoms with Gasteiger partial charge in [-0.3, -0.25) is 14.2 Å². The van der Waals surface area contributed by atoms with Crippen molar-refractivity contribution in [2.75, 3.05) is 47.5 Å². The van der Waals surface area contributed by atoms with Gasteiger partial charge in [0, 0.05) is 12.8 Å². The van der Waals surface area contributed by atoms with Crippen molar-refractivity contribution in [1.29, 1.82) is 0 Å². The fraction of sp³-hybridized carbons (Fsp3) is 0.564. The van der Waals surface area contributed by atoms with Crippen molar-refractivity contribution in [3.63, 3.8) is 0 Å². The Morgan fingerprint density at radius 1 is 0.352 bits per heavy atom. The Bertz CT molecular complexity index is 2190. The fourth-order valence-electron chi connectivity index (χ4n) is 8.45. The normalized spacial score (nSPS) is 14.4. The highest BCUT2D eigenvalue weighted by molar-refractivity contribution is 7.45. The van der Waals surface area contributed by atoms with Gasteiger partial charge in [-0.2, -0.15) is 0 Å². The van der Waals surface area contributed by atoms with Crippen LogP contribution in [-0.2, 0) is 32.7 Å². The molecule has 0 aliphatic carbocycles. The Balaban J connectivity index is 4.18. The molecule has 2 atom stereocenters. The van der Waals surface area contributed by atoms with Gasteiger partial charge in [-0.15, -0.1) is 0 Å². The Morgan fingerprint density at radius 2 is 0.614 bits per heavy atom. The summed E-state index contributed by atoms with van der Waals surface area (Å²) in [6.07, 6.45) is 104. The van der Waals surface area contributed by atoms with Crippen LogP contribution in [0.5, 0.6) is 0 Å². The molecule has 0 radical (unpaired) electrons. The maximum absolute atomic E-state index is 12.9. The molecule has 0 aromatic heterocycles. The summed E-state index contributed by atoms with van der Waals surface area (Å²) in [6, 6.07) is 0. The van der Waals surface area contributed by atoms with E-state index in [9.17, 15) is 19.0 Å². The van der Waals surface area contributed by atoms with Crippen LogP contribution in [0, 0.1) is 0 Å². The SMILES string of the molecule is CC/C=C\C/C=C\C/C=C\C/C=C\C/C=C\C/C=C\C/C=C\C/C=C\C/C=C\CCCCCCCCCCCCCC(=O)OC(COC(=O)CCCCC/C=C\C/C=C\C/C=C\C/C=C\C/C=C\C/C=C\C/C=C\CC)COP(=O)([O-])OCC[N+](C)(C)C. The Hall–Kier alpha value is -5.15. The van der Waals surface area contributed by atoms with E-state index in [2.05, 4.69) is 208 Å². The largest absolute Gasteiger partial charge is 0.756 e. The molecular weight excluding hydrogens is 1110 g/mol. The molecule has 88 heavy (non-hydrogen) atoms. The number of unbranched alkanes of at least 4 members (excludes halogenated alkanes) is 14. The lowest BCUT2D eigenvalue weighted by atomic mass is 10.0. The molecule has 10 heteroatoms. The van der Waals surface area contributed by atoms with E-state index in [0.29, 0.717) is 23.9 Å². The molecule has 0 bridgehead atoms. The Labute approximate surface area is 539 Å². The predicted molar refractivity (Wildman–Crippen MR) is 378 cm³/mol. The van der Waals surface area contributed by atoms with Crippen LogP contribution in [-0.4, -0.2) is 70.0 Å². The van der Waals surface area contributed by atoms with Crippen molar-refractivity contribution >= 4 is 19.8 Å². The van der Waals surface area contributed by atoms with Gasteiger partial charge in [0.15, 0.2) is 6.10 Å². The minimum Gasteiger partial charge on any atom is -0.756 e. The average Bonchev–Trinajstić information content (AvgIpc) is 3.68. The fourth-order valence-corrected chi connectivity index (χ4v) is 9.18. The number of phosphoric acid groups is 1. The van der Waals surface area contributed by atoms with Gasteiger partial charge in [0.25, 0.3) is 7.82 Å². The van der Waals surface area contributed by atoms with Crippen LogP contribution in [0.15, 0.2) is 194 Å². The Morgan fingerprint density at radius 3 is 0.920 bits per heavy atom. The lowest BCUT2D eigenvalue weighted by Crippen LogP contribution is -2.37. The first-order chi connectivity index (χ1) is 43.0. The number of nitrogens with zero attached hydrogens (tertiary/aromatic N) is 1. The number of allylic oxidation sites excluding steroid dienone is 32. The van der Waals surface area contributed by atoms with E-state index in [0.717, 1.165) is 148 Å². The first-order valence-electron chi connectivity index (χ1n) is 34.1. The number of carbonyl (C=O) groups excluding carboxylic acids is 2. The van der Waals surface area contributed by atoms with Crippen molar-refractivity contribution in [2.45, 2.75) is 238 Å². The number of likely N-dealkylation sites (N-methyl/N-ethyl adjacent to an activating group) is 1. The van der Waals surface area contributed by atoms with Crippen molar-refractivity contribution < 1.29 is 42.1 Å². The molecule has 0 aliphatic heterocycles. The van der Waals surface area contributed by atoms with Gasteiger partial charge in [-0.25, -0.2) is 0 Å². The smallest absolute Gasteiger partial charge is 0.306 e. The van der Waals surface area contributed by atoms with E-state index in [1.807, 2.05) is 21.1 Å². The van der Waals surface area contributed by atoms with Crippen LogP contribution in [0.4, 0.5) is 0 Å². The highest BCUT2D eigenvalue weighted by Gasteiger charge is 2.22. The maximum Gasteiger partial charge on any atom is 0.306 e. The van der Waals surface area contributed by atoms with Crippen LogP contribution in [0.2, 0.25) is 0 Å². The lowest BCUT2D eigenvalue weighted by molar-refractivity contribution is -0.870. The summed E-state index contributed by atoms with van der Waals surface area (Å²) in [5.74, 6) is -0.889. The summed E-state index contributed by atoms with van der Waals surface area (Å²) in [4.78, 5) is 38.0. The molecule has 0 saturated carbocycles. The maximum atomic E-state index is 12.9. The second-order valence-corrected chi connectivity index (χ2v) is 24.5.